The van der Waals surface area contributed by atoms with E-state index in [-0.39, 0.29) is 34.3 Å². The van der Waals surface area contributed by atoms with Crippen LogP contribution in [0.5, 0.6) is 0 Å². The lowest BCUT2D eigenvalue weighted by Crippen LogP contribution is -2.25. The summed E-state index contributed by atoms with van der Waals surface area (Å²) < 4.78 is 10.8. The first-order valence-corrected chi connectivity index (χ1v) is 17.6. The van der Waals surface area contributed by atoms with Crippen molar-refractivity contribution >= 4 is 23.5 Å². The predicted molar refractivity (Wildman–Crippen MR) is 184 cm³/mol. The van der Waals surface area contributed by atoms with E-state index in [9.17, 15) is 19.2 Å². The number of ether oxygens (including phenoxy) is 2. The zero-order chi connectivity index (χ0) is 33.7. The fourth-order valence-electron chi connectivity index (χ4n) is 6.20. The van der Waals surface area contributed by atoms with Gasteiger partial charge in [0.25, 0.3) is 0 Å². The fourth-order valence-corrected chi connectivity index (χ4v) is 6.20. The minimum absolute atomic E-state index is 0.137. The van der Waals surface area contributed by atoms with Crippen LogP contribution in [-0.2, 0) is 29.9 Å². The van der Waals surface area contributed by atoms with Crippen LogP contribution < -0.4 is 0 Å². The number of ketones is 2. The SMILES string of the molecule is CCCCCCOC(=O)CCCC(C)(C)c1ccc2c(c1)C(=O)c1cc(C(C)(C)CCCC(=O)OCCCCCC)ccc1C2=O. The molecule has 0 atom stereocenters. The Morgan fingerprint density at radius 3 is 1.33 bits per heavy atom. The summed E-state index contributed by atoms with van der Waals surface area (Å²) >= 11 is 0. The van der Waals surface area contributed by atoms with E-state index < -0.39 is 0 Å². The van der Waals surface area contributed by atoms with Crippen LogP contribution in [-0.4, -0.2) is 36.7 Å². The first kappa shape index (κ1) is 37.2. The molecule has 0 aromatic heterocycles. The number of carbonyl (C=O) groups is 4. The topological polar surface area (TPSA) is 86.7 Å². The van der Waals surface area contributed by atoms with Gasteiger partial charge in [-0.2, -0.15) is 0 Å². The number of rotatable bonds is 20. The summed E-state index contributed by atoms with van der Waals surface area (Å²) in [5, 5.41) is 0. The number of esters is 2. The van der Waals surface area contributed by atoms with E-state index >= 15 is 0 Å². The number of hydrogen-bond acceptors (Lipinski definition) is 6. The van der Waals surface area contributed by atoms with Crippen LogP contribution in [0.1, 0.15) is 174 Å². The normalized spacial score (nSPS) is 12.9. The Labute approximate surface area is 277 Å². The lowest BCUT2D eigenvalue weighted by atomic mass is 9.74. The molecule has 0 N–H and O–H groups in total. The Bertz CT molecular complexity index is 1250. The molecule has 2 aromatic carbocycles. The third kappa shape index (κ3) is 10.4. The molecule has 0 radical (unpaired) electrons. The van der Waals surface area contributed by atoms with Gasteiger partial charge in [0, 0.05) is 35.1 Å². The smallest absolute Gasteiger partial charge is 0.305 e. The third-order valence-corrected chi connectivity index (χ3v) is 9.47. The van der Waals surface area contributed by atoms with Gasteiger partial charge in [0.05, 0.1) is 13.2 Å². The highest BCUT2D eigenvalue weighted by atomic mass is 16.5. The molecule has 1 aliphatic carbocycles. The molecule has 0 amide bonds. The van der Waals surface area contributed by atoms with Crippen molar-refractivity contribution < 1.29 is 28.7 Å². The minimum Gasteiger partial charge on any atom is -0.466 e. The number of unbranched alkanes of at least 4 members (excludes halogenated alkanes) is 6. The Balaban J connectivity index is 1.63. The number of fused-ring (bicyclic) bond motifs is 2. The van der Waals surface area contributed by atoms with Gasteiger partial charge in [0.2, 0.25) is 0 Å². The molecule has 0 fully saturated rings. The van der Waals surface area contributed by atoms with Crippen molar-refractivity contribution in [2.45, 2.75) is 142 Å². The lowest BCUT2D eigenvalue weighted by Gasteiger charge is -2.29. The molecule has 0 bridgehead atoms. The van der Waals surface area contributed by atoms with Crippen molar-refractivity contribution in [1.82, 2.24) is 0 Å². The van der Waals surface area contributed by atoms with Crippen LogP contribution in [0.15, 0.2) is 36.4 Å². The zero-order valence-electron chi connectivity index (χ0n) is 29.2. The summed E-state index contributed by atoms with van der Waals surface area (Å²) in [6, 6.07) is 11.2. The van der Waals surface area contributed by atoms with E-state index in [0.29, 0.717) is 61.2 Å². The molecular formula is C40H56O6. The molecular weight excluding hydrogens is 576 g/mol. The van der Waals surface area contributed by atoms with Gasteiger partial charge in [0.1, 0.15) is 0 Å². The third-order valence-electron chi connectivity index (χ3n) is 9.47. The monoisotopic (exact) mass is 632 g/mol. The first-order chi connectivity index (χ1) is 21.9. The standard InChI is InChI=1S/C40H56O6/c1-7-9-11-13-25-45-35(41)17-15-23-39(3,4)29-19-21-31-33(27-29)38(44)34-28-30(20-22-32(34)37(31)43)40(5,6)24-16-18-36(42)46-26-14-12-10-8-2/h19-22,27-28H,7-18,23-26H2,1-6H3. The molecule has 3 rings (SSSR count). The Hall–Kier alpha value is -3.28. The highest BCUT2D eigenvalue weighted by Crippen LogP contribution is 2.37. The van der Waals surface area contributed by atoms with Gasteiger partial charge in [-0.15, -0.1) is 0 Å². The van der Waals surface area contributed by atoms with E-state index in [2.05, 4.69) is 41.5 Å². The fraction of sp³-hybridized carbons (Fsp3) is 0.600. The Kier molecular flexibility index (Phi) is 14.2. The molecule has 2 aromatic rings. The van der Waals surface area contributed by atoms with E-state index in [1.54, 1.807) is 12.1 Å². The molecule has 0 saturated heterocycles. The maximum absolute atomic E-state index is 13.9. The summed E-state index contributed by atoms with van der Waals surface area (Å²) in [7, 11) is 0. The molecule has 0 unspecified atom stereocenters. The van der Waals surface area contributed by atoms with Crippen LogP contribution >= 0.6 is 0 Å². The van der Waals surface area contributed by atoms with Crippen molar-refractivity contribution in [3.63, 3.8) is 0 Å². The van der Waals surface area contributed by atoms with Crippen molar-refractivity contribution in [3.05, 3.63) is 69.8 Å². The first-order valence-electron chi connectivity index (χ1n) is 17.6. The van der Waals surface area contributed by atoms with Crippen molar-refractivity contribution in [3.8, 4) is 0 Å². The molecule has 46 heavy (non-hydrogen) atoms. The van der Waals surface area contributed by atoms with Crippen LogP contribution in [0.2, 0.25) is 0 Å². The largest absolute Gasteiger partial charge is 0.466 e. The number of benzene rings is 2. The maximum atomic E-state index is 13.9. The minimum atomic E-state index is -0.291. The van der Waals surface area contributed by atoms with E-state index in [1.165, 1.54) is 0 Å². The molecule has 0 heterocycles. The van der Waals surface area contributed by atoms with E-state index in [1.807, 2.05) is 24.3 Å². The lowest BCUT2D eigenvalue weighted by molar-refractivity contribution is -0.144. The van der Waals surface area contributed by atoms with Crippen LogP contribution in [0.4, 0.5) is 0 Å². The van der Waals surface area contributed by atoms with Gasteiger partial charge in [-0.3, -0.25) is 19.2 Å². The molecule has 6 heteroatoms. The van der Waals surface area contributed by atoms with Crippen molar-refractivity contribution in [2.24, 2.45) is 0 Å². The average Bonchev–Trinajstić information content (AvgIpc) is 3.02. The summed E-state index contributed by atoms with van der Waals surface area (Å²) in [4.78, 5) is 51.8. The molecule has 0 spiro atoms. The molecule has 1 aliphatic rings. The molecule has 6 nitrogen and oxygen atoms in total. The highest BCUT2D eigenvalue weighted by Gasteiger charge is 2.33. The van der Waals surface area contributed by atoms with Gasteiger partial charge in [-0.05, 0) is 84.7 Å². The van der Waals surface area contributed by atoms with Crippen molar-refractivity contribution in [2.75, 3.05) is 13.2 Å². The van der Waals surface area contributed by atoms with Gasteiger partial charge in [0.15, 0.2) is 11.6 Å². The van der Waals surface area contributed by atoms with E-state index in [0.717, 1.165) is 75.3 Å². The van der Waals surface area contributed by atoms with E-state index in [4.69, 9.17) is 9.47 Å². The Morgan fingerprint density at radius 2 is 0.935 bits per heavy atom. The van der Waals surface area contributed by atoms with Crippen molar-refractivity contribution in [1.29, 1.82) is 0 Å². The van der Waals surface area contributed by atoms with Gasteiger partial charge in [-0.25, -0.2) is 0 Å². The Morgan fingerprint density at radius 1 is 0.543 bits per heavy atom. The highest BCUT2D eigenvalue weighted by molar-refractivity contribution is 6.28. The number of carbonyl (C=O) groups excluding carboxylic acids is 4. The molecule has 252 valence electrons. The van der Waals surface area contributed by atoms with Gasteiger partial charge in [-0.1, -0.05) is 92.2 Å². The quantitative estimate of drug-likeness (QED) is 0.0911. The second kappa shape index (κ2) is 17.6. The molecule has 0 saturated carbocycles. The van der Waals surface area contributed by atoms with Crippen LogP contribution in [0, 0.1) is 0 Å². The number of hydrogen-bond donors (Lipinski definition) is 0. The molecule has 0 aliphatic heterocycles. The average molecular weight is 633 g/mol. The van der Waals surface area contributed by atoms with Crippen LogP contribution in [0.25, 0.3) is 0 Å². The van der Waals surface area contributed by atoms with Gasteiger partial charge < -0.3 is 9.47 Å². The summed E-state index contributed by atoms with van der Waals surface area (Å²) in [6.07, 6.45) is 12.2. The predicted octanol–water partition coefficient (Wildman–Crippen LogP) is 9.60. The van der Waals surface area contributed by atoms with Crippen LogP contribution in [0.3, 0.4) is 0 Å². The summed E-state index contributed by atoms with van der Waals surface area (Å²) in [5.74, 6) is -0.599. The summed E-state index contributed by atoms with van der Waals surface area (Å²) in [6.45, 7) is 13.7. The summed E-state index contributed by atoms with van der Waals surface area (Å²) in [5.41, 5.74) is 3.10. The zero-order valence-corrected chi connectivity index (χ0v) is 29.2. The second-order valence-corrected chi connectivity index (χ2v) is 14.2. The maximum Gasteiger partial charge on any atom is 0.305 e. The second-order valence-electron chi connectivity index (χ2n) is 14.2. The van der Waals surface area contributed by atoms with Gasteiger partial charge >= 0.3 is 11.9 Å².